The van der Waals surface area contributed by atoms with Crippen LogP contribution in [0.1, 0.15) is 5.56 Å². The van der Waals surface area contributed by atoms with E-state index in [1.54, 1.807) is 18.2 Å². The van der Waals surface area contributed by atoms with E-state index in [1.165, 1.54) is 21.4 Å². The number of aromatic nitrogens is 4. The number of rotatable bonds is 6. The van der Waals surface area contributed by atoms with E-state index in [2.05, 4.69) is 25.7 Å². The van der Waals surface area contributed by atoms with Gasteiger partial charge in [-0.2, -0.15) is 4.31 Å². The quantitative estimate of drug-likeness (QED) is 0.601. The van der Waals surface area contributed by atoms with Gasteiger partial charge in [0.2, 0.25) is 15.9 Å². The fourth-order valence-electron chi connectivity index (χ4n) is 3.35. The fourth-order valence-corrected chi connectivity index (χ4v) is 4.82. The van der Waals surface area contributed by atoms with Crippen molar-refractivity contribution in [3.63, 3.8) is 0 Å². The van der Waals surface area contributed by atoms with Gasteiger partial charge >= 0.3 is 0 Å². The van der Waals surface area contributed by atoms with Crippen LogP contribution in [0.2, 0.25) is 0 Å². The predicted molar refractivity (Wildman–Crippen MR) is 114 cm³/mol. The average molecular weight is 442 g/mol. The summed E-state index contributed by atoms with van der Waals surface area (Å²) in [5, 5.41) is 13.8. The molecule has 4 rings (SSSR count). The minimum Gasteiger partial charge on any atom is -0.326 e. The van der Waals surface area contributed by atoms with Gasteiger partial charge in [-0.15, -0.1) is 5.10 Å². The number of anilines is 1. The van der Waals surface area contributed by atoms with Crippen molar-refractivity contribution in [2.45, 2.75) is 11.3 Å². The molecule has 0 radical (unpaired) electrons. The van der Waals surface area contributed by atoms with Gasteiger partial charge < -0.3 is 10.2 Å². The number of sulfonamides is 1. The molecule has 0 atom stereocenters. The predicted octanol–water partition coefficient (Wildman–Crippen LogP) is 0.780. The molecule has 3 aromatic rings. The first-order valence-electron chi connectivity index (χ1n) is 9.83. The highest BCUT2D eigenvalue weighted by molar-refractivity contribution is 7.89. The Balaban J connectivity index is 1.41. The van der Waals surface area contributed by atoms with Gasteiger partial charge in [-0.05, 0) is 53.4 Å². The maximum atomic E-state index is 12.9. The Bertz CT molecular complexity index is 1140. The van der Waals surface area contributed by atoms with Crippen LogP contribution in [-0.2, 0) is 21.2 Å². The normalized spacial score (nSPS) is 15.6. The number of carbonyl (C=O) groups is 1. The van der Waals surface area contributed by atoms with E-state index in [0.29, 0.717) is 31.9 Å². The van der Waals surface area contributed by atoms with Crippen molar-refractivity contribution in [2.24, 2.45) is 0 Å². The standard InChI is InChI=1S/C20H23N7O3S/c1-25-9-11-26(12-10-25)31(29,30)19-4-2-3-17(14-19)22-20(28)13-16-5-7-18(8-6-16)27-15-21-23-24-27/h2-8,14-15H,9-13H2,1H3,(H,22,28). The molecule has 0 aliphatic carbocycles. The smallest absolute Gasteiger partial charge is 0.243 e. The Labute approximate surface area is 180 Å². The fraction of sp³-hybridized carbons (Fsp3) is 0.300. The van der Waals surface area contributed by atoms with Crippen LogP contribution in [-0.4, -0.2) is 77.0 Å². The summed E-state index contributed by atoms with van der Waals surface area (Å²) in [6.07, 6.45) is 1.65. The molecule has 1 fully saturated rings. The maximum absolute atomic E-state index is 12.9. The van der Waals surface area contributed by atoms with Crippen LogP contribution >= 0.6 is 0 Å². The average Bonchev–Trinajstić information content (AvgIpc) is 3.30. The van der Waals surface area contributed by atoms with E-state index in [9.17, 15) is 13.2 Å². The molecule has 10 nitrogen and oxygen atoms in total. The van der Waals surface area contributed by atoms with Crippen molar-refractivity contribution >= 4 is 21.6 Å². The first-order chi connectivity index (χ1) is 14.9. The second-order valence-corrected chi connectivity index (χ2v) is 9.32. The Morgan fingerprint density at radius 3 is 2.48 bits per heavy atom. The van der Waals surface area contributed by atoms with Crippen LogP contribution < -0.4 is 5.32 Å². The summed E-state index contributed by atoms with van der Waals surface area (Å²) in [5.74, 6) is -0.232. The third-order valence-electron chi connectivity index (χ3n) is 5.13. The summed E-state index contributed by atoms with van der Waals surface area (Å²) in [4.78, 5) is 14.8. The van der Waals surface area contributed by atoms with E-state index in [4.69, 9.17) is 0 Å². The van der Waals surface area contributed by atoms with Crippen molar-refractivity contribution in [3.05, 3.63) is 60.4 Å². The second kappa shape index (κ2) is 8.92. The Kier molecular flexibility index (Phi) is 6.07. The monoisotopic (exact) mass is 441 g/mol. The first kappa shape index (κ1) is 21.1. The zero-order chi connectivity index (χ0) is 21.8. The highest BCUT2D eigenvalue weighted by atomic mass is 32.2. The van der Waals surface area contributed by atoms with E-state index in [1.807, 2.05) is 31.3 Å². The molecule has 1 amide bonds. The van der Waals surface area contributed by atoms with Crippen LogP contribution in [0.4, 0.5) is 5.69 Å². The summed E-state index contributed by atoms with van der Waals surface area (Å²) >= 11 is 0. The van der Waals surface area contributed by atoms with Crippen molar-refractivity contribution < 1.29 is 13.2 Å². The number of piperazine rings is 1. The highest BCUT2D eigenvalue weighted by Crippen LogP contribution is 2.21. The molecule has 2 aromatic carbocycles. The molecule has 11 heteroatoms. The van der Waals surface area contributed by atoms with E-state index >= 15 is 0 Å². The lowest BCUT2D eigenvalue weighted by Gasteiger charge is -2.31. The number of benzene rings is 2. The number of carbonyl (C=O) groups excluding carboxylic acids is 1. The molecular formula is C20H23N7O3S. The lowest BCUT2D eigenvalue weighted by atomic mass is 10.1. The van der Waals surface area contributed by atoms with Crippen LogP contribution in [0.5, 0.6) is 0 Å². The molecule has 1 aliphatic heterocycles. The summed E-state index contributed by atoms with van der Waals surface area (Å²) < 4.78 is 28.9. The third kappa shape index (κ3) is 4.95. The number of hydrogen-bond donors (Lipinski definition) is 1. The largest absolute Gasteiger partial charge is 0.326 e. The first-order valence-corrected chi connectivity index (χ1v) is 11.3. The number of nitrogens with one attached hydrogen (secondary N) is 1. The van der Waals surface area contributed by atoms with Gasteiger partial charge in [0.25, 0.3) is 0 Å². The highest BCUT2D eigenvalue weighted by Gasteiger charge is 2.27. The SMILES string of the molecule is CN1CCN(S(=O)(=O)c2cccc(NC(=O)Cc3ccc(-n4cnnn4)cc3)c2)CC1. The summed E-state index contributed by atoms with van der Waals surface area (Å²) in [7, 11) is -1.62. The van der Waals surface area contributed by atoms with Crippen molar-refractivity contribution in [2.75, 3.05) is 38.5 Å². The van der Waals surface area contributed by atoms with Crippen LogP contribution in [0, 0.1) is 0 Å². The minimum atomic E-state index is -3.59. The molecule has 31 heavy (non-hydrogen) atoms. The molecule has 1 aliphatic rings. The summed E-state index contributed by atoms with van der Waals surface area (Å²) in [6, 6.07) is 13.7. The number of likely N-dealkylation sites (N-methyl/N-ethyl adjacent to an activating group) is 1. The molecule has 0 unspecified atom stereocenters. The third-order valence-corrected chi connectivity index (χ3v) is 7.03. The molecule has 0 bridgehead atoms. The molecule has 162 valence electrons. The van der Waals surface area contributed by atoms with Gasteiger partial charge in [-0.25, -0.2) is 13.1 Å². The molecule has 0 spiro atoms. The number of amides is 1. The summed E-state index contributed by atoms with van der Waals surface area (Å²) in [6.45, 7) is 2.30. The van der Waals surface area contributed by atoms with Crippen molar-refractivity contribution in [3.8, 4) is 5.69 Å². The van der Waals surface area contributed by atoms with Crippen molar-refractivity contribution in [1.29, 1.82) is 0 Å². The van der Waals surface area contributed by atoms with Crippen LogP contribution in [0.25, 0.3) is 5.69 Å². The molecule has 2 heterocycles. The molecule has 1 N–H and O–H groups in total. The lowest BCUT2D eigenvalue weighted by molar-refractivity contribution is -0.115. The van der Waals surface area contributed by atoms with Crippen LogP contribution in [0.3, 0.4) is 0 Å². The zero-order valence-corrected chi connectivity index (χ0v) is 17.9. The maximum Gasteiger partial charge on any atom is 0.243 e. The van der Waals surface area contributed by atoms with Gasteiger partial charge in [0.1, 0.15) is 6.33 Å². The van der Waals surface area contributed by atoms with E-state index in [0.717, 1.165) is 11.3 Å². The van der Waals surface area contributed by atoms with E-state index in [-0.39, 0.29) is 17.2 Å². The Morgan fingerprint density at radius 2 is 1.81 bits per heavy atom. The van der Waals surface area contributed by atoms with Gasteiger partial charge in [-0.1, -0.05) is 18.2 Å². The topological polar surface area (TPSA) is 113 Å². The van der Waals surface area contributed by atoms with Gasteiger partial charge in [-0.3, -0.25) is 4.79 Å². The minimum absolute atomic E-state index is 0.158. The lowest BCUT2D eigenvalue weighted by Crippen LogP contribution is -2.47. The Morgan fingerprint density at radius 1 is 1.06 bits per heavy atom. The molecule has 0 saturated carbocycles. The second-order valence-electron chi connectivity index (χ2n) is 7.38. The molecule has 1 aromatic heterocycles. The van der Waals surface area contributed by atoms with Gasteiger partial charge in [0.15, 0.2) is 0 Å². The van der Waals surface area contributed by atoms with Gasteiger partial charge in [0, 0.05) is 31.9 Å². The zero-order valence-electron chi connectivity index (χ0n) is 17.0. The Hall–Kier alpha value is -3.15. The molecular weight excluding hydrogens is 418 g/mol. The summed E-state index contributed by atoms with van der Waals surface area (Å²) in [5.41, 5.74) is 2.05. The van der Waals surface area contributed by atoms with E-state index < -0.39 is 10.0 Å². The number of nitrogens with zero attached hydrogens (tertiary/aromatic N) is 6. The van der Waals surface area contributed by atoms with Gasteiger partial charge in [0.05, 0.1) is 17.0 Å². The number of tetrazole rings is 1. The van der Waals surface area contributed by atoms with Crippen molar-refractivity contribution in [1.82, 2.24) is 29.4 Å². The number of hydrogen-bond acceptors (Lipinski definition) is 7. The van der Waals surface area contributed by atoms with Crippen LogP contribution in [0.15, 0.2) is 59.8 Å². The molecule has 1 saturated heterocycles.